The molecule has 0 saturated carbocycles. The fourth-order valence-electron chi connectivity index (χ4n) is 2.42. The van der Waals surface area contributed by atoms with Crippen LogP contribution in [0, 0.1) is 5.82 Å². The Balaban J connectivity index is 0.000000168. The lowest BCUT2D eigenvalue weighted by molar-refractivity contribution is 0.582. The lowest BCUT2D eigenvalue weighted by Gasteiger charge is -1.97. The minimum absolute atomic E-state index is 0.225. The molecule has 138 valence electrons. The lowest BCUT2D eigenvalue weighted by atomic mass is 10.1. The topological polar surface area (TPSA) is 82.2 Å². The van der Waals surface area contributed by atoms with Gasteiger partial charge in [-0.3, -0.25) is 4.79 Å². The number of para-hydroxylation sites is 1. The zero-order valence-electron chi connectivity index (χ0n) is 14.2. The van der Waals surface area contributed by atoms with Crippen LogP contribution in [0.4, 0.5) is 4.39 Å². The molecular formula is C19H15FN2O4S. The van der Waals surface area contributed by atoms with E-state index >= 15 is 0 Å². The van der Waals surface area contributed by atoms with E-state index in [0.717, 1.165) is 34.4 Å². The Morgan fingerprint density at radius 2 is 1.70 bits per heavy atom. The summed E-state index contributed by atoms with van der Waals surface area (Å²) in [7, 11) is -3.54. The summed E-state index contributed by atoms with van der Waals surface area (Å²) in [6, 6.07) is 16.7. The van der Waals surface area contributed by atoms with Crippen molar-refractivity contribution in [3.8, 4) is 11.1 Å². The third-order valence-corrected chi connectivity index (χ3v) is 4.54. The van der Waals surface area contributed by atoms with Gasteiger partial charge in [-0.1, -0.05) is 30.3 Å². The van der Waals surface area contributed by atoms with Gasteiger partial charge in [0.1, 0.15) is 11.4 Å². The minimum Gasteiger partial charge on any atom is -0.464 e. The molecule has 0 spiro atoms. The second-order valence-electron chi connectivity index (χ2n) is 5.62. The first-order valence-corrected chi connectivity index (χ1v) is 9.68. The Morgan fingerprint density at radius 3 is 2.33 bits per heavy atom. The van der Waals surface area contributed by atoms with Gasteiger partial charge in [-0.15, -0.1) is 4.09 Å². The van der Waals surface area contributed by atoms with Crippen LogP contribution >= 0.6 is 0 Å². The smallest absolute Gasteiger partial charge is 0.281 e. The SMILES string of the molecule is CS(=O)(=O)n1ncccc1=O.Fc1ccc(-c2coc3ccccc23)cc1. The highest BCUT2D eigenvalue weighted by Crippen LogP contribution is 2.30. The number of hydrogen-bond acceptors (Lipinski definition) is 5. The summed E-state index contributed by atoms with van der Waals surface area (Å²) in [5.41, 5.74) is 2.17. The molecule has 2 heterocycles. The molecule has 0 aliphatic carbocycles. The van der Waals surface area contributed by atoms with Gasteiger partial charge in [0.05, 0.1) is 12.5 Å². The van der Waals surface area contributed by atoms with Gasteiger partial charge < -0.3 is 4.42 Å². The standard InChI is InChI=1S/C14H9FO.C5H6N2O3S/c15-11-7-5-10(6-8-11)13-9-16-14-4-2-1-3-12(13)14;1-11(9,10)7-5(8)3-2-4-6-7/h1-9H;2-4H,1H3. The highest BCUT2D eigenvalue weighted by molar-refractivity contribution is 7.89. The zero-order valence-corrected chi connectivity index (χ0v) is 15.1. The summed E-state index contributed by atoms with van der Waals surface area (Å²) < 4.78 is 40.2. The second-order valence-corrected chi connectivity index (χ2v) is 7.43. The van der Waals surface area contributed by atoms with Crippen molar-refractivity contribution < 1.29 is 17.2 Å². The van der Waals surface area contributed by atoms with Crippen LogP contribution in [-0.2, 0) is 10.0 Å². The summed E-state index contributed by atoms with van der Waals surface area (Å²) in [6.07, 6.45) is 3.86. The Hall–Kier alpha value is -3.26. The highest BCUT2D eigenvalue weighted by Gasteiger charge is 2.07. The summed E-state index contributed by atoms with van der Waals surface area (Å²) in [6.45, 7) is 0. The van der Waals surface area contributed by atoms with Crippen LogP contribution in [0.5, 0.6) is 0 Å². The predicted molar refractivity (Wildman–Crippen MR) is 100 cm³/mol. The van der Waals surface area contributed by atoms with Gasteiger partial charge in [0.15, 0.2) is 0 Å². The summed E-state index contributed by atoms with van der Waals surface area (Å²) >= 11 is 0. The molecule has 6 nitrogen and oxygen atoms in total. The highest BCUT2D eigenvalue weighted by atomic mass is 32.2. The molecule has 27 heavy (non-hydrogen) atoms. The lowest BCUT2D eigenvalue weighted by Crippen LogP contribution is -2.27. The Morgan fingerprint density at radius 1 is 1.00 bits per heavy atom. The normalized spacial score (nSPS) is 11.0. The number of benzene rings is 2. The van der Waals surface area contributed by atoms with Crippen molar-refractivity contribution in [2.75, 3.05) is 6.26 Å². The van der Waals surface area contributed by atoms with E-state index in [-0.39, 0.29) is 5.82 Å². The molecule has 0 unspecified atom stereocenters. The van der Waals surface area contributed by atoms with Gasteiger partial charge in [-0.2, -0.15) is 5.10 Å². The van der Waals surface area contributed by atoms with Gasteiger partial charge in [0, 0.05) is 23.2 Å². The number of aromatic nitrogens is 2. The molecule has 0 aliphatic heterocycles. The van der Waals surface area contributed by atoms with E-state index in [0.29, 0.717) is 4.09 Å². The van der Waals surface area contributed by atoms with Crippen molar-refractivity contribution in [3.05, 3.63) is 89.3 Å². The Bertz CT molecular complexity index is 1230. The molecule has 0 bridgehead atoms. The molecule has 2 aromatic carbocycles. The fourth-order valence-corrected chi connectivity index (χ4v) is 3.04. The fraction of sp³-hybridized carbons (Fsp3) is 0.0526. The molecule has 0 atom stereocenters. The Labute approximate surface area is 154 Å². The van der Waals surface area contributed by atoms with Crippen LogP contribution in [0.25, 0.3) is 22.1 Å². The number of halogens is 1. The molecule has 0 saturated heterocycles. The maximum absolute atomic E-state index is 12.8. The van der Waals surface area contributed by atoms with Crippen molar-refractivity contribution in [2.24, 2.45) is 0 Å². The number of rotatable bonds is 2. The summed E-state index contributed by atoms with van der Waals surface area (Å²) in [5, 5.41) is 4.42. The maximum Gasteiger partial charge on any atom is 0.281 e. The number of hydrogen-bond donors (Lipinski definition) is 0. The van der Waals surface area contributed by atoms with E-state index in [1.807, 2.05) is 24.3 Å². The number of fused-ring (bicyclic) bond motifs is 1. The van der Waals surface area contributed by atoms with Crippen molar-refractivity contribution in [1.29, 1.82) is 0 Å². The molecule has 2 aromatic heterocycles. The molecule has 0 radical (unpaired) electrons. The maximum atomic E-state index is 12.8. The summed E-state index contributed by atoms with van der Waals surface area (Å²) in [5.74, 6) is -0.225. The van der Waals surface area contributed by atoms with E-state index < -0.39 is 15.6 Å². The first-order chi connectivity index (χ1) is 12.9. The van der Waals surface area contributed by atoms with Crippen LogP contribution in [0.15, 0.2) is 82.3 Å². The van der Waals surface area contributed by atoms with E-state index in [1.165, 1.54) is 24.4 Å². The van der Waals surface area contributed by atoms with Crippen LogP contribution in [0.3, 0.4) is 0 Å². The van der Waals surface area contributed by atoms with Crippen molar-refractivity contribution in [1.82, 2.24) is 9.19 Å². The average Bonchev–Trinajstić information content (AvgIpc) is 3.06. The Kier molecular flexibility index (Phi) is 5.18. The second kappa shape index (κ2) is 7.55. The molecule has 4 aromatic rings. The first-order valence-electron chi connectivity index (χ1n) is 7.83. The molecule has 0 amide bonds. The van der Waals surface area contributed by atoms with Gasteiger partial charge >= 0.3 is 0 Å². The van der Waals surface area contributed by atoms with Crippen LogP contribution in [-0.4, -0.2) is 23.9 Å². The van der Waals surface area contributed by atoms with Crippen LogP contribution < -0.4 is 5.56 Å². The molecule has 0 aliphatic rings. The van der Waals surface area contributed by atoms with Gasteiger partial charge in [-0.25, -0.2) is 12.8 Å². The molecule has 8 heteroatoms. The molecule has 0 N–H and O–H groups in total. The monoisotopic (exact) mass is 386 g/mol. The number of furan rings is 1. The third kappa shape index (κ3) is 4.29. The largest absolute Gasteiger partial charge is 0.464 e. The molecular weight excluding hydrogens is 371 g/mol. The van der Waals surface area contributed by atoms with Crippen molar-refractivity contribution >= 4 is 21.0 Å². The van der Waals surface area contributed by atoms with E-state index in [9.17, 15) is 17.6 Å². The zero-order chi connectivity index (χ0) is 19.4. The van der Waals surface area contributed by atoms with Crippen LogP contribution in [0.1, 0.15) is 0 Å². The van der Waals surface area contributed by atoms with Gasteiger partial charge in [0.25, 0.3) is 15.6 Å². The van der Waals surface area contributed by atoms with E-state index in [4.69, 9.17) is 4.42 Å². The summed E-state index contributed by atoms with van der Waals surface area (Å²) in [4.78, 5) is 10.8. The van der Waals surface area contributed by atoms with Crippen molar-refractivity contribution in [3.63, 3.8) is 0 Å². The predicted octanol–water partition coefficient (Wildman–Crippen LogP) is 3.29. The molecule has 0 fully saturated rings. The average molecular weight is 386 g/mol. The minimum atomic E-state index is -3.54. The van der Waals surface area contributed by atoms with Gasteiger partial charge in [0.2, 0.25) is 0 Å². The van der Waals surface area contributed by atoms with Gasteiger partial charge in [-0.05, 0) is 29.8 Å². The van der Waals surface area contributed by atoms with E-state index in [1.54, 1.807) is 18.4 Å². The third-order valence-electron chi connectivity index (χ3n) is 3.64. The number of nitrogens with zero attached hydrogens (tertiary/aromatic N) is 2. The first kappa shape index (κ1) is 18.5. The van der Waals surface area contributed by atoms with Crippen LogP contribution in [0.2, 0.25) is 0 Å². The van der Waals surface area contributed by atoms with E-state index in [2.05, 4.69) is 5.10 Å². The quantitative estimate of drug-likeness (QED) is 0.528. The van der Waals surface area contributed by atoms with Crippen molar-refractivity contribution in [2.45, 2.75) is 0 Å². The molecule has 4 rings (SSSR count).